The molecule has 0 spiro atoms. The summed E-state index contributed by atoms with van der Waals surface area (Å²) in [6.45, 7) is 10.1. The van der Waals surface area contributed by atoms with E-state index in [-0.39, 0.29) is 5.60 Å². The fourth-order valence-electron chi connectivity index (χ4n) is 1.62. The zero-order valence-corrected chi connectivity index (χ0v) is 11.1. The van der Waals surface area contributed by atoms with Gasteiger partial charge in [0.2, 0.25) is 0 Å². The molecular formula is C13H24N2O. The van der Waals surface area contributed by atoms with Crippen LogP contribution in [0.5, 0.6) is 0 Å². The summed E-state index contributed by atoms with van der Waals surface area (Å²) in [5.41, 5.74) is 1.25. The standard InChI is InChI=1S/C13H24N2O/c1-11(14-5)12-7-6-8-15(12)9-10-16-13(2,3)4/h6-8,11,14H,9-10H2,1-5H3. The molecule has 0 aliphatic carbocycles. The van der Waals surface area contributed by atoms with Crippen molar-refractivity contribution in [2.24, 2.45) is 0 Å². The van der Waals surface area contributed by atoms with E-state index in [1.165, 1.54) is 5.69 Å². The third-order valence-corrected chi connectivity index (χ3v) is 2.61. The van der Waals surface area contributed by atoms with Crippen LogP contribution >= 0.6 is 0 Å². The summed E-state index contributed by atoms with van der Waals surface area (Å²) < 4.78 is 7.97. The van der Waals surface area contributed by atoms with E-state index in [4.69, 9.17) is 4.74 Å². The van der Waals surface area contributed by atoms with Gasteiger partial charge in [0.1, 0.15) is 0 Å². The summed E-state index contributed by atoms with van der Waals surface area (Å²) >= 11 is 0. The second-order valence-electron chi connectivity index (χ2n) is 5.10. The Kier molecular flexibility index (Phi) is 4.56. The number of aromatic nitrogens is 1. The molecule has 0 aromatic carbocycles. The summed E-state index contributed by atoms with van der Waals surface area (Å²) in [5.74, 6) is 0. The van der Waals surface area contributed by atoms with Gasteiger partial charge in [-0.2, -0.15) is 0 Å². The van der Waals surface area contributed by atoms with Gasteiger partial charge in [-0.25, -0.2) is 0 Å². The van der Waals surface area contributed by atoms with E-state index in [1.807, 2.05) is 7.05 Å². The summed E-state index contributed by atoms with van der Waals surface area (Å²) in [4.78, 5) is 0. The largest absolute Gasteiger partial charge is 0.374 e. The molecule has 0 amide bonds. The maximum absolute atomic E-state index is 5.73. The van der Waals surface area contributed by atoms with E-state index < -0.39 is 0 Å². The Hall–Kier alpha value is -0.800. The van der Waals surface area contributed by atoms with Gasteiger partial charge in [-0.1, -0.05) is 0 Å². The quantitative estimate of drug-likeness (QED) is 0.832. The highest BCUT2D eigenvalue weighted by Gasteiger charge is 2.11. The van der Waals surface area contributed by atoms with Crippen LogP contribution in [0.2, 0.25) is 0 Å². The number of nitrogens with one attached hydrogen (secondary N) is 1. The predicted molar refractivity (Wildman–Crippen MR) is 67.6 cm³/mol. The molecule has 16 heavy (non-hydrogen) atoms. The van der Waals surface area contributed by atoms with Crippen LogP contribution in [0.4, 0.5) is 0 Å². The summed E-state index contributed by atoms with van der Waals surface area (Å²) in [6, 6.07) is 4.61. The van der Waals surface area contributed by atoms with E-state index in [0.29, 0.717) is 6.04 Å². The first kappa shape index (κ1) is 13.3. The molecule has 3 heteroatoms. The normalized spacial score (nSPS) is 14.1. The Morgan fingerprint density at radius 2 is 2.12 bits per heavy atom. The zero-order valence-electron chi connectivity index (χ0n) is 11.1. The molecule has 0 saturated carbocycles. The Morgan fingerprint density at radius 1 is 1.44 bits per heavy atom. The van der Waals surface area contributed by atoms with Crippen molar-refractivity contribution in [2.45, 2.75) is 45.9 Å². The molecule has 0 aliphatic heterocycles. The molecule has 0 radical (unpaired) electrons. The van der Waals surface area contributed by atoms with Crippen molar-refractivity contribution in [2.75, 3.05) is 13.7 Å². The molecule has 1 unspecified atom stereocenters. The second kappa shape index (κ2) is 5.51. The van der Waals surface area contributed by atoms with Crippen molar-refractivity contribution in [3.63, 3.8) is 0 Å². The first-order valence-electron chi connectivity index (χ1n) is 5.90. The van der Waals surface area contributed by atoms with Crippen LogP contribution in [-0.4, -0.2) is 23.8 Å². The lowest BCUT2D eigenvalue weighted by molar-refractivity contribution is -0.00709. The third-order valence-electron chi connectivity index (χ3n) is 2.61. The second-order valence-corrected chi connectivity index (χ2v) is 5.10. The highest BCUT2D eigenvalue weighted by Crippen LogP contribution is 2.13. The fourth-order valence-corrected chi connectivity index (χ4v) is 1.62. The summed E-state index contributed by atoms with van der Waals surface area (Å²) in [5, 5.41) is 3.25. The lowest BCUT2D eigenvalue weighted by Gasteiger charge is -2.21. The Labute approximate surface area is 98.8 Å². The lowest BCUT2D eigenvalue weighted by atomic mass is 10.2. The Morgan fingerprint density at radius 3 is 2.69 bits per heavy atom. The van der Waals surface area contributed by atoms with Crippen molar-refractivity contribution in [1.82, 2.24) is 9.88 Å². The van der Waals surface area contributed by atoms with Gasteiger partial charge in [0, 0.05) is 24.5 Å². The van der Waals surface area contributed by atoms with Gasteiger partial charge in [0.05, 0.1) is 12.2 Å². The van der Waals surface area contributed by atoms with Crippen molar-refractivity contribution in [3.05, 3.63) is 24.0 Å². The van der Waals surface area contributed by atoms with Crippen molar-refractivity contribution < 1.29 is 4.74 Å². The van der Waals surface area contributed by atoms with Crippen LogP contribution in [0.25, 0.3) is 0 Å². The average Bonchev–Trinajstić information content (AvgIpc) is 2.63. The first-order valence-corrected chi connectivity index (χ1v) is 5.90. The van der Waals surface area contributed by atoms with E-state index in [9.17, 15) is 0 Å². The molecule has 1 aromatic heterocycles. The molecule has 1 rings (SSSR count). The monoisotopic (exact) mass is 224 g/mol. The van der Waals surface area contributed by atoms with E-state index in [2.05, 4.69) is 55.9 Å². The minimum absolute atomic E-state index is 0.0536. The van der Waals surface area contributed by atoms with Crippen LogP contribution in [-0.2, 0) is 11.3 Å². The van der Waals surface area contributed by atoms with Crippen molar-refractivity contribution in [3.8, 4) is 0 Å². The van der Waals surface area contributed by atoms with Crippen molar-refractivity contribution in [1.29, 1.82) is 0 Å². The van der Waals surface area contributed by atoms with Crippen LogP contribution in [0.15, 0.2) is 18.3 Å². The predicted octanol–water partition coefficient (Wildman–Crippen LogP) is 2.58. The fraction of sp³-hybridized carbons (Fsp3) is 0.692. The third kappa shape index (κ3) is 3.99. The molecule has 3 nitrogen and oxygen atoms in total. The number of hydrogen-bond donors (Lipinski definition) is 1. The summed E-state index contributed by atoms with van der Waals surface area (Å²) in [6.07, 6.45) is 2.11. The molecule has 1 N–H and O–H groups in total. The number of rotatable bonds is 5. The van der Waals surface area contributed by atoms with Crippen LogP contribution < -0.4 is 5.32 Å². The molecule has 92 valence electrons. The van der Waals surface area contributed by atoms with Gasteiger partial charge in [-0.3, -0.25) is 0 Å². The molecule has 0 aliphatic rings. The van der Waals surface area contributed by atoms with Gasteiger partial charge < -0.3 is 14.6 Å². The molecular weight excluding hydrogens is 200 g/mol. The zero-order chi connectivity index (χ0) is 12.2. The smallest absolute Gasteiger partial charge is 0.0652 e. The lowest BCUT2D eigenvalue weighted by Crippen LogP contribution is -2.23. The van der Waals surface area contributed by atoms with Crippen molar-refractivity contribution >= 4 is 0 Å². The minimum Gasteiger partial charge on any atom is -0.374 e. The van der Waals surface area contributed by atoms with Crippen LogP contribution in [0, 0.1) is 0 Å². The minimum atomic E-state index is -0.0536. The molecule has 0 bridgehead atoms. The molecule has 1 heterocycles. The maximum Gasteiger partial charge on any atom is 0.0652 e. The Bertz CT molecular complexity index is 312. The molecule has 1 aromatic rings. The topological polar surface area (TPSA) is 26.2 Å². The Balaban J connectivity index is 2.51. The van der Waals surface area contributed by atoms with E-state index >= 15 is 0 Å². The average molecular weight is 224 g/mol. The maximum atomic E-state index is 5.73. The van der Waals surface area contributed by atoms with Gasteiger partial charge in [-0.15, -0.1) is 0 Å². The highest BCUT2D eigenvalue weighted by molar-refractivity contribution is 5.11. The van der Waals surface area contributed by atoms with Gasteiger partial charge in [-0.05, 0) is 46.9 Å². The van der Waals surface area contributed by atoms with Gasteiger partial charge >= 0.3 is 0 Å². The molecule has 0 saturated heterocycles. The van der Waals surface area contributed by atoms with Crippen LogP contribution in [0.1, 0.15) is 39.4 Å². The van der Waals surface area contributed by atoms with Gasteiger partial charge in [0.25, 0.3) is 0 Å². The molecule has 1 atom stereocenters. The van der Waals surface area contributed by atoms with E-state index in [1.54, 1.807) is 0 Å². The van der Waals surface area contributed by atoms with Gasteiger partial charge in [0.15, 0.2) is 0 Å². The number of nitrogens with zero attached hydrogens (tertiary/aromatic N) is 1. The number of hydrogen-bond acceptors (Lipinski definition) is 2. The highest BCUT2D eigenvalue weighted by atomic mass is 16.5. The number of ether oxygens (including phenoxy) is 1. The van der Waals surface area contributed by atoms with Crippen LogP contribution in [0.3, 0.4) is 0 Å². The molecule has 0 fully saturated rings. The van der Waals surface area contributed by atoms with E-state index in [0.717, 1.165) is 13.2 Å². The first-order chi connectivity index (χ1) is 7.44. The summed E-state index contributed by atoms with van der Waals surface area (Å²) in [7, 11) is 1.98. The SMILES string of the molecule is CNC(C)c1cccn1CCOC(C)(C)C.